The van der Waals surface area contributed by atoms with E-state index in [0.717, 1.165) is 42.7 Å². The van der Waals surface area contributed by atoms with Gasteiger partial charge in [0.15, 0.2) is 0 Å². The van der Waals surface area contributed by atoms with Gasteiger partial charge in [-0.1, -0.05) is 18.2 Å². The summed E-state index contributed by atoms with van der Waals surface area (Å²) in [7, 11) is 0. The number of anilines is 1. The molecule has 31 heavy (non-hydrogen) atoms. The van der Waals surface area contributed by atoms with Crippen molar-refractivity contribution in [3.05, 3.63) is 82.5 Å². The summed E-state index contributed by atoms with van der Waals surface area (Å²) in [5, 5.41) is 11.4. The van der Waals surface area contributed by atoms with E-state index in [9.17, 15) is 9.59 Å². The molecule has 2 aromatic heterocycles. The zero-order valence-corrected chi connectivity index (χ0v) is 16.8. The lowest BCUT2D eigenvalue weighted by Crippen LogP contribution is -2.31. The molecule has 0 spiro atoms. The van der Waals surface area contributed by atoms with Crippen LogP contribution in [0.2, 0.25) is 0 Å². The molecule has 2 heterocycles. The molecule has 8 nitrogen and oxygen atoms in total. The Hall–Kier alpha value is -3.94. The molecule has 0 saturated carbocycles. The van der Waals surface area contributed by atoms with Gasteiger partial charge in [-0.2, -0.15) is 10.2 Å². The Bertz CT molecular complexity index is 1290. The minimum Gasteiger partial charge on any atom is -0.457 e. The maximum absolute atomic E-state index is 12.9. The number of carbonyl (C=O) groups excluding carboxylic acids is 1. The van der Waals surface area contributed by atoms with Crippen LogP contribution < -0.4 is 15.6 Å². The third-order valence-corrected chi connectivity index (χ3v) is 5.33. The van der Waals surface area contributed by atoms with Gasteiger partial charge in [-0.15, -0.1) is 0 Å². The van der Waals surface area contributed by atoms with Crippen molar-refractivity contribution in [3.63, 3.8) is 0 Å². The van der Waals surface area contributed by atoms with Gasteiger partial charge in [0.05, 0.1) is 5.69 Å². The number of hydrogen-bond donors (Lipinski definition) is 1. The fourth-order valence-corrected chi connectivity index (χ4v) is 3.85. The van der Waals surface area contributed by atoms with Crippen molar-refractivity contribution in [3.8, 4) is 11.5 Å². The number of amides is 1. The summed E-state index contributed by atoms with van der Waals surface area (Å²) in [5.41, 5.74) is 2.80. The minimum absolute atomic E-state index is 0.169. The number of nitrogens with zero attached hydrogens (tertiary/aromatic N) is 4. The van der Waals surface area contributed by atoms with Gasteiger partial charge in [0.2, 0.25) is 5.91 Å². The quantitative estimate of drug-likeness (QED) is 0.541. The van der Waals surface area contributed by atoms with Crippen molar-refractivity contribution in [2.24, 2.45) is 0 Å². The number of nitrogens with one attached hydrogen (secondary N) is 1. The zero-order valence-electron chi connectivity index (χ0n) is 16.8. The van der Waals surface area contributed by atoms with Gasteiger partial charge in [0.1, 0.15) is 29.9 Å². The molecule has 1 aliphatic rings. The van der Waals surface area contributed by atoms with Gasteiger partial charge in [0.25, 0.3) is 5.56 Å². The molecule has 0 atom stereocenters. The number of carbonyl (C=O) groups is 1. The van der Waals surface area contributed by atoms with E-state index in [4.69, 9.17) is 4.74 Å². The Balaban J connectivity index is 1.29. The summed E-state index contributed by atoms with van der Waals surface area (Å²) in [4.78, 5) is 25.4. The fraction of sp³-hybridized carbons (Fsp3) is 0.217. The minimum atomic E-state index is -0.330. The first-order valence-corrected chi connectivity index (χ1v) is 10.3. The van der Waals surface area contributed by atoms with Crippen molar-refractivity contribution in [2.45, 2.75) is 32.2 Å². The van der Waals surface area contributed by atoms with Gasteiger partial charge < -0.3 is 10.1 Å². The van der Waals surface area contributed by atoms with Crippen LogP contribution in [0.5, 0.6) is 11.5 Å². The number of benzene rings is 2. The third kappa shape index (κ3) is 3.92. The van der Waals surface area contributed by atoms with Gasteiger partial charge >= 0.3 is 0 Å². The average Bonchev–Trinajstić information content (AvgIpc) is 3.17. The van der Waals surface area contributed by atoms with Crippen molar-refractivity contribution < 1.29 is 9.53 Å². The molecule has 8 heteroatoms. The Morgan fingerprint density at radius 1 is 1.00 bits per heavy atom. The predicted octanol–water partition coefficient (Wildman–Crippen LogP) is 3.20. The molecule has 0 bridgehead atoms. The van der Waals surface area contributed by atoms with E-state index in [0.29, 0.717) is 17.0 Å². The van der Waals surface area contributed by atoms with Crippen molar-refractivity contribution in [1.82, 2.24) is 19.4 Å². The number of ether oxygens (including phenoxy) is 1. The molecule has 4 aromatic rings. The Morgan fingerprint density at radius 2 is 1.74 bits per heavy atom. The summed E-state index contributed by atoms with van der Waals surface area (Å²) < 4.78 is 8.48. The molecule has 0 unspecified atom stereocenters. The SMILES string of the molecule is O=C(Cn1ncn2nc3c(c2c1=O)CCCC3)Nc1ccc(Oc2ccccc2)cc1. The van der Waals surface area contributed by atoms with E-state index in [-0.39, 0.29) is 18.0 Å². The summed E-state index contributed by atoms with van der Waals surface area (Å²) >= 11 is 0. The number of hydrogen-bond acceptors (Lipinski definition) is 5. The number of rotatable bonds is 5. The highest BCUT2D eigenvalue weighted by atomic mass is 16.5. The second-order valence-corrected chi connectivity index (χ2v) is 7.51. The molecule has 0 aliphatic heterocycles. The van der Waals surface area contributed by atoms with Crippen LogP contribution in [0.4, 0.5) is 5.69 Å². The normalized spacial score (nSPS) is 13.0. The monoisotopic (exact) mass is 415 g/mol. The van der Waals surface area contributed by atoms with Gasteiger partial charge in [-0.3, -0.25) is 9.59 Å². The molecule has 2 aromatic carbocycles. The van der Waals surface area contributed by atoms with Crippen LogP contribution in [0.1, 0.15) is 24.1 Å². The van der Waals surface area contributed by atoms with E-state index in [1.807, 2.05) is 30.3 Å². The van der Waals surface area contributed by atoms with E-state index >= 15 is 0 Å². The highest BCUT2D eigenvalue weighted by molar-refractivity contribution is 5.90. The van der Waals surface area contributed by atoms with Crippen molar-refractivity contribution >= 4 is 17.1 Å². The van der Waals surface area contributed by atoms with Gasteiger partial charge in [-0.25, -0.2) is 9.20 Å². The van der Waals surface area contributed by atoms with Crippen LogP contribution in [0.3, 0.4) is 0 Å². The second-order valence-electron chi connectivity index (χ2n) is 7.51. The maximum Gasteiger partial charge on any atom is 0.293 e. The van der Waals surface area contributed by atoms with E-state index in [1.165, 1.54) is 15.5 Å². The second kappa shape index (κ2) is 8.06. The molecular formula is C23H21N5O3. The van der Waals surface area contributed by atoms with Crippen LogP contribution in [-0.2, 0) is 24.2 Å². The summed E-state index contributed by atoms with van der Waals surface area (Å²) in [6.45, 7) is -0.169. The van der Waals surface area contributed by atoms with Crippen LogP contribution in [0.25, 0.3) is 5.52 Å². The molecule has 0 fully saturated rings. The molecule has 0 saturated heterocycles. The first-order chi connectivity index (χ1) is 15.2. The fourth-order valence-electron chi connectivity index (χ4n) is 3.85. The molecule has 156 valence electrons. The smallest absolute Gasteiger partial charge is 0.293 e. The molecule has 0 radical (unpaired) electrons. The first kappa shape index (κ1) is 19.0. The van der Waals surface area contributed by atoms with Crippen LogP contribution >= 0.6 is 0 Å². The number of aryl methyl sites for hydroxylation is 2. The maximum atomic E-state index is 12.9. The first-order valence-electron chi connectivity index (χ1n) is 10.3. The third-order valence-electron chi connectivity index (χ3n) is 5.33. The molecular weight excluding hydrogens is 394 g/mol. The van der Waals surface area contributed by atoms with Crippen molar-refractivity contribution in [1.29, 1.82) is 0 Å². The van der Waals surface area contributed by atoms with E-state index in [1.54, 1.807) is 24.3 Å². The lowest BCUT2D eigenvalue weighted by molar-refractivity contribution is -0.117. The zero-order chi connectivity index (χ0) is 21.2. The molecule has 1 amide bonds. The standard InChI is InChI=1S/C23H21N5O3/c29-21(25-16-10-12-18(13-11-16)31-17-6-2-1-3-7-17)14-27-23(30)22-19-8-4-5-9-20(19)26-28(22)15-24-27/h1-3,6-7,10-13,15H,4-5,8-9,14H2,(H,25,29). The Labute approximate surface area is 178 Å². The number of para-hydroxylation sites is 1. The summed E-state index contributed by atoms with van der Waals surface area (Å²) in [5.74, 6) is 1.07. The Morgan fingerprint density at radius 3 is 2.55 bits per heavy atom. The van der Waals surface area contributed by atoms with Crippen molar-refractivity contribution in [2.75, 3.05) is 5.32 Å². The van der Waals surface area contributed by atoms with Crippen LogP contribution in [0.15, 0.2) is 65.7 Å². The summed E-state index contributed by atoms with van der Waals surface area (Å²) in [6.07, 6.45) is 5.33. The number of fused-ring (bicyclic) bond motifs is 3. The molecule has 5 rings (SSSR count). The van der Waals surface area contributed by atoms with Gasteiger partial charge in [0, 0.05) is 11.3 Å². The highest BCUT2D eigenvalue weighted by Crippen LogP contribution is 2.23. The van der Waals surface area contributed by atoms with E-state index < -0.39 is 0 Å². The van der Waals surface area contributed by atoms with E-state index in [2.05, 4.69) is 15.5 Å². The molecule has 1 N–H and O–H groups in total. The lowest BCUT2D eigenvalue weighted by atomic mass is 9.97. The topological polar surface area (TPSA) is 90.5 Å². The predicted molar refractivity (Wildman–Crippen MR) is 115 cm³/mol. The highest BCUT2D eigenvalue weighted by Gasteiger charge is 2.20. The van der Waals surface area contributed by atoms with Crippen LogP contribution in [-0.4, -0.2) is 25.3 Å². The van der Waals surface area contributed by atoms with Gasteiger partial charge in [-0.05, 0) is 62.1 Å². The summed E-state index contributed by atoms with van der Waals surface area (Å²) in [6, 6.07) is 16.5. The Kier molecular flexibility index (Phi) is 4.95. The molecule has 1 aliphatic carbocycles. The number of aromatic nitrogens is 4. The lowest BCUT2D eigenvalue weighted by Gasteiger charge is -2.10. The van der Waals surface area contributed by atoms with Crippen LogP contribution in [0, 0.1) is 0 Å². The average molecular weight is 415 g/mol. The largest absolute Gasteiger partial charge is 0.457 e.